The number of aryl methyl sites for hydroxylation is 1. The fourth-order valence-electron chi connectivity index (χ4n) is 4.12. The number of fused-ring (bicyclic) bond motifs is 1. The van der Waals surface area contributed by atoms with Crippen molar-refractivity contribution < 1.29 is 14.3 Å². The van der Waals surface area contributed by atoms with Crippen LogP contribution in [-0.2, 0) is 4.79 Å². The van der Waals surface area contributed by atoms with Crippen LogP contribution in [0.15, 0.2) is 82.4 Å². The lowest BCUT2D eigenvalue weighted by Gasteiger charge is -2.20. The average molecular weight is 559 g/mol. The van der Waals surface area contributed by atoms with Crippen LogP contribution >= 0.6 is 23.4 Å². The lowest BCUT2D eigenvalue weighted by atomic mass is 10.0. The number of hydrogen-bond donors (Lipinski definition) is 1. The molecule has 0 fully saturated rings. The molecule has 2 aliphatic heterocycles. The zero-order valence-corrected chi connectivity index (χ0v) is 23.3. The molecule has 0 bridgehead atoms. The van der Waals surface area contributed by atoms with Crippen LogP contribution in [0, 0.1) is 12.3 Å². The van der Waals surface area contributed by atoms with Gasteiger partial charge in [-0.2, -0.15) is 15.1 Å². The Bertz CT molecular complexity index is 1530. The Balaban J connectivity index is 1.22. The summed E-state index contributed by atoms with van der Waals surface area (Å²) in [7, 11) is 0. The number of halogens is 1. The zero-order valence-electron chi connectivity index (χ0n) is 21.8. The Kier molecular flexibility index (Phi) is 7.86. The van der Waals surface area contributed by atoms with E-state index in [4.69, 9.17) is 26.5 Å². The van der Waals surface area contributed by atoms with Crippen LogP contribution in [0.4, 0.5) is 0 Å². The van der Waals surface area contributed by atoms with Gasteiger partial charge in [0.1, 0.15) is 29.8 Å². The van der Waals surface area contributed by atoms with Crippen molar-refractivity contribution >= 4 is 51.4 Å². The van der Waals surface area contributed by atoms with Crippen LogP contribution in [0.2, 0.25) is 5.02 Å². The fourth-order valence-corrected chi connectivity index (χ4v) is 5.33. The number of rotatable bonds is 8. The predicted octanol–water partition coefficient (Wildman–Crippen LogP) is 6.90. The van der Waals surface area contributed by atoms with Crippen molar-refractivity contribution in [3.05, 3.63) is 99.6 Å². The first-order chi connectivity index (χ1) is 18.8. The van der Waals surface area contributed by atoms with Crippen LogP contribution < -0.4 is 9.47 Å². The van der Waals surface area contributed by atoms with Crippen molar-refractivity contribution in [2.24, 2.45) is 10.1 Å². The van der Waals surface area contributed by atoms with Crippen molar-refractivity contribution in [1.29, 1.82) is 5.41 Å². The van der Waals surface area contributed by atoms with E-state index in [1.165, 1.54) is 22.3 Å². The molecule has 1 amide bonds. The molecule has 3 aromatic rings. The Hall–Kier alpha value is -3.88. The van der Waals surface area contributed by atoms with Gasteiger partial charge in [0.15, 0.2) is 5.84 Å². The standard InChI is InChI=1S/C30H27ClN4O3S/c1-18(2)22-13-8-19(3)16-26(22)38-15-14-37-21-11-9-20(10-12-21)17-24-27(32)35-30(33-28(24)36)39-29(34-35)23-6-4-5-7-25(23)31/h4-13,16-18,32H,14-15H2,1-3H3/b24-17+,32-27?. The van der Waals surface area contributed by atoms with E-state index in [1.54, 1.807) is 12.1 Å². The largest absolute Gasteiger partial charge is 0.490 e. The number of amidine groups is 2. The number of hydrogen-bond acceptors (Lipinski definition) is 6. The number of carbonyl (C=O) groups is 1. The molecule has 0 saturated carbocycles. The second-order valence-corrected chi connectivity index (χ2v) is 10.7. The van der Waals surface area contributed by atoms with Gasteiger partial charge >= 0.3 is 0 Å². The van der Waals surface area contributed by atoms with Gasteiger partial charge in [-0.15, -0.1) is 0 Å². The molecule has 7 nitrogen and oxygen atoms in total. The van der Waals surface area contributed by atoms with Crippen LogP contribution in [0.3, 0.4) is 0 Å². The summed E-state index contributed by atoms with van der Waals surface area (Å²) in [6, 6.07) is 20.9. The molecule has 3 aromatic carbocycles. The van der Waals surface area contributed by atoms with E-state index in [-0.39, 0.29) is 11.4 Å². The third-order valence-electron chi connectivity index (χ3n) is 6.15. The number of benzene rings is 3. The molecule has 5 rings (SSSR count). The third kappa shape index (κ3) is 5.92. The Morgan fingerprint density at radius 2 is 1.79 bits per heavy atom. The third-order valence-corrected chi connectivity index (χ3v) is 7.42. The minimum absolute atomic E-state index is 0.0334. The number of thioether (sulfide) groups is 1. The number of hydrazone groups is 1. The maximum absolute atomic E-state index is 12.8. The zero-order chi connectivity index (χ0) is 27.5. The topological polar surface area (TPSA) is 87.3 Å². The normalized spacial score (nSPS) is 15.9. The molecule has 1 N–H and O–H groups in total. The van der Waals surface area contributed by atoms with E-state index in [0.29, 0.717) is 40.1 Å². The summed E-state index contributed by atoms with van der Waals surface area (Å²) >= 11 is 7.52. The van der Waals surface area contributed by atoms with Gasteiger partial charge in [-0.05, 0) is 71.6 Å². The number of ether oxygens (including phenoxy) is 2. The minimum Gasteiger partial charge on any atom is -0.490 e. The van der Waals surface area contributed by atoms with Crippen molar-refractivity contribution in [2.45, 2.75) is 26.7 Å². The number of nitrogens with one attached hydrogen (secondary N) is 1. The van der Waals surface area contributed by atoms with Gasteiger partial charge < -0.3 is 9.47 Å². The summed E-state index contributed by atoms with van der Waals surface area (Å²) in [5.74, 6) is 1.43. The summed E-state index contributed by atoms with van der Waals surface area (Å²) in [5, 5.41) is 15.9. The average Bonchev–Trinajstić information content (AvgIpc) is 3.34. The number of amides is 1. The summed E-state index contributed by atoms with van der Waals surface area (Å²) in [4.78, 5) is 16.9. The van der Waals surface area contributed by atoms with Crippen LogP contribution in [-0.4, -0.2) is 40.2 Å². The highest BCUT2D eigenvalue weighted by atomic mass is 35.5. The molecule has 2 aliphatic rings. The number of nitrogens with zero attached hydrogens (tertiary/aromatic N) is 3. The highest BCUT2D eigenvalue weighted by Gasteiger charge is 2.36. The molecule has 0 spiro atoms. The predicted molar refractivity (Wildman–Crippen MR) is 158 cm³/mol. The smallest absolute Gasteiger partial charge is 0.283 e. The Labute approximate surface area is 236 Å². The van der Waals surface area contributed by atoms with Crippen LogP contribution in [0.1, 0.15) is 42.0 Å². The van der Waals surface area contributed by atoms with Crippen molar-refractivity contribution in [3.8, 4) is 11.5 Å². The highest BCUT2D eigenvalue weighted by molar-refractivity contribution is 8.27. The van der Waals surface area contributed by atoms with E-state index >= 15 is 0 Å². The molecule has 9 heteroatoms. The molecule has 39 heavy (non-hydrogen) atoms. The molecule has 2 heterocycles. The van der Waals surface area contributed by atoms with Gasteiger partial charge in [0.2, 0.25) is 5.17 Å². The summed E-state index contributed by atoms with van der Waals surface area (Å²) in [5.41, 5.74) is 3.96. The monoisotopic (exact) mass is 558 g/mol. The first kappa shape index (κ1) is 26.7. The van der Waals surface area contributed by atoms with E-state index in [0.717, 1.165) is 22.4 Å². The minimum atomic E-state index is -0.483. The SMILES string of the molecule is Cc1ccc(C(C)C)c(OCCOc2ccc(/C=C3\C(=N)N4N=C(c5ccccc5Cl)SC4=NC3=O)cc2)c1. The molecule has 198 valence electrons. The van der Waals surface area contributed by atoms with Gasteiger partial charge in [-0.1, -0.05) is 67.9 Å². The number of carbonyl (C=O) groups excluding carboxylic acids is 1. The van der Waals surface area contributed by atoms with Gasteiger partial charge in [-0.25, -0.2) is 0 Å². The van der Waals surface area contributed by atoms with Gasteiger partial charge in [0.05, 0.1) is 10.6 Å². The maximum atomic E-state index is 12.8. The van der Waals surface area contributed by atoms with E-state index in [9.17, 15) is 4.79 Å². The van der Waals surface area contributed by atoms with Crippen LogP contribution in [0.5, 0.6) is 11.5 Å². The summed E-state index contributed by atoms with van der Waals surface area (Å²) in [6.45, 7) is 7.16. The number of aliphatic imine (C=N–C) groups is 1. The molecule has 0 atom stereocenters. The first-order valence-electron chi connectivity index (χ1n) is 12.5. The van der Waals surface area contributed by atoms with Gasteiger partial charge in [0.25, 0.3) is 5.91 Å². The van der Waals surface area contributed by atoms with Gasteiger partial charge in [-0.3, -0.25) is 10.2 Å². The molecule has 0 aliphatic carbocycles. The van der Waals surface area contributed by atoms with Crippen molar-refractivity contribution in [3.63, 3.8) is 0 Å². The molecule has 0 radical (unpaired) electrons. The molecule has 0 aromatic heterocycles. The molecule has 0 unspecified atom stereocenters. The van der Waals surface area contributed by atoms with Crippen LogP contribution in [0.25, 0.3) is 6.08 Å². The second-order valence-electron chi connectivity index (χ2n) is 9.37. The molecule has 0 saturated heterocycles. The van der Waals surface area contributed by atoms with E-state index < -0.39 is 5.91 Å². The Morgan fingerprint density at radius 3 is 2.54 bits per heavy atom. The second kappa shape index (κ2) is 11.5. The van der Waals surface area contributed by atoms with E-state index in [1.807, 2.05) is 49.4 Å². The van der Waals surface area contributed by atoms with E-state index in [2.05, 4.69) is 42.1 Å². The molecular weight excluding hydrogens is 532 g/mol. The van der Waals surface area contributed by atoms with Gasteiger partial charge in [0, 0.05) is 5.56 Å². The maximum Gasteiger partial charge on any atom is 0.283 e. The summed E-state index contributed by atoms with van der Waals surface area (Å²) in [6.07, 6.45) is 1.64. The highest BCUT2D eigenvalue weighted by Crippen LogP contribution is 2.33. The quantitative estimate of drug-likeness (QED) is 0.240. The van der Waals surface area contributed by atoms with Crippen molar-refractivity contribution in [1.82, 2.24) is 5.01 Å². The first-order valence-corrected chi connectivity index (χ1v) is 13.7. The van der Waals surface area contributed by atoms with Crippen molar-refractivity contribution in [2.75, 3.05) is 13.2 Å². The summed E-state index contributed by atoms with van der Waals surface area (Å²) < 4.78 is 11.8. The lowest BCUT2D eigenvalue weighted by Crippen LogP contribution is -2.35. The lowest BCUT2D eigenvalue weighted by molar-refractivity contribution is -0.114. The fraction of sp³-hybridized carbons (Fsp3) is 0.200. The Morgan fingerprint density at radius 1 is 1.05 bits per heavy atom. The molecular formula is C30H27ClN4O3S.